The van der Waals surface area contributed by atoms with Crippen molar-refractivity contribution in [3.63, 3.8) is 0 Å². The second-order valence-electron chi connectivity index (χ2n) is 6.92. The zero-order chi connectivity index (χ0) is 18.6. The van der Waals surface area contributed by atoms with Crippen molar-refractivity contribution in [2.45, 2.75) is 26.0 Å². The van der Waals surface area contributed by atoms with Crippen molar-refractivity contribution < 1.29 is 9.53 Å². The smallest absolute Gasteiger partial charge is 0.254 e. The molecule has 3 heteroatoms. The fraction of sp³-hybridized carbons (Fsp3) is 0.208. The third-order valence-corrected chi connectivity index (χ3v) is 5.07. The molecule has 1 amide bonds. The van der Waals surface area contributed by atoms with Crippen LogP contribution < -0.4 is 4.74 Å². The summed E-state index contributed by atoms with van der Waals surface area (Å²) in [7, 11) is 0. The van der Waals surface area contributed by atoms with Crippen molar-refractivity contribution in [3.8, 4) is 5.75 Å². The molecule has 0 radical (unpaired) electrons. The summed E-state index contributed by atoms with van der Waals surface area (Å²) in [4.78, 5) is 14.9. The number of ether oxygens (including phenoxy) is 1. The van der Waals surface area contributed by atoms with Gasteiger partial charge in [0, 0.05) is 24.2 Å². The molecule has 0 bridgehead atoms. The largest absolute Gasteiger partial charge is 0.486 e. The molecular formula is C24H23NO2. The molecule has 0 fully saturated rings. The van der Waals surface area contributed by atoms with Crippen LogP contribution in [0.25, 0.3) is 0 Å². The van der Waals surface area contributed by atoms with Crippen LogP contribution >= 0.6 is 0 Å². The zero-order valence-corrected chi connectivity index (χ0v) is 15.5. The number of carbonyl (C=O) groups excluding carboxylic acids is 1. The molecule has 1 heterocycles. The third-order valence-electron chi connectivity index (χ3n) is 5.07. The van der Waals surface area contributed by atoms with Crippen molar-refractivity contribution in [1.82, 2.24) is 4.90 Å². The molecule has 1 aliphatic rings. The fourth-order valence-corrected chi connectivity index (χ4v) is 3.59. The Morgan fingerprint density at radius 2 is 1.63 bits per heavy atom. The Labute approximate surface area is 160 Å². The second kappa shape index (κ2) is 7.67. The van der Waals surface area contributed by atoms with E-state index >= 15 is 0 Å². The van der Waals surface area contributed by atoms with Gasteiger partial charge in [-0.1, -0.05) is 66.7 Å². The minimum absolute atomic E-state index is 0.0600. The minimum atomic E-state index is -0.0600. The van der Waals surface area contributed by atoms with Crippen molar-refractivity contribution in [2.24, 2.45) is 0 Å². The van der Waals surface area contributed by atoms with Crippen LogP contribution in [0, 0.1) is 0 Å². The number of fused-ring (bicyclic) bond motifs is 1. The second-order valence-corrected chi connectivity index (χ2v) is 6.92. The quantitative estimate of drug-likeness (QED) is 0.641. The van der Waals surface area contributed by atoms with Crippen LogP contribution in [-0.2, 0) is 13.0 Å². The molecule has 27 heavy (non-hydrogen) atoms. The maximum Gasteiger partial charge on any atom is 0.254 e. The topological polar surface area (TPSA) is 29.5 Å². The maximum atomic E-state index is 13.0. The predicted molar refractivity (Wildman–Crippen MR) is 107 cm³/mol. The SMILES string of the molecule is CC(Oc1cccc2c1CCN(Cc1ccccc1)C2=O)c1ccccc1. The molecule has 0 saturated carbocycles. The minimum Gasteiger partial charge on any atom is -0.486 e. The first kappa shape index (κ1) is 17.3. The Hall–Kier alpha value is -3.07. The Balaban J connectivity index is 1.55. The van der Waals surface area contributed by atoms with Crippen LogP contribution in [0.2, 0.25) is 0 Å². The number of hydrogen-bond donors (Lipinski definition) is 0. The van der Waals surface area contributed by atoms with Gasteiger partial charge >= 0.3 is 0 Å². The molecular weight excluding hydrogens is 334 g/mol. The average molecular weight is 357 g/mol. The predicted octanol–water partition coefficient (Wildman–Crippen LogP) is 5.03. The average Bonchev–Trinajstić information content (AvgIpc) is 2.72. The highest BCUT2D eigenvalue weighted by Crippen LogP contribution is 2.31. The van der Waals surface area contributed by atoms with Gasteiger partial charge in [-0.05, 0) is 36.6 Å². The summed E-state index contributed by atoms with van der Waals surface area (Å²) in [6, 6.07) is 26.1. The number of rotatable bonds is 5. The van der Waals surface area contributed by atoms with E-state index in [-0.39, 0.29) is 12.0 Å². The molecule has 3 aromatic rings. The summed E-state index contributed by atoms with van der Waals surface area (Å²) in [5.41, 5.74) is 4.06. The van der Waals surface area contributed by atoms with Gasteiger partial charge in [0.1, 0.15) is 11.9 Å². The molecule has 136 valence electrons. The number of nitrogens with zero attached hydrogens (tertiary/aromatic N) is 1. The number of hydrogen-bond acceptors (Lipinski definition) is 2. The van der Waals surface area contributed by atoms with Gasteiger partial charge in [0.15, 0.2) is 0 Å². The van der Waals surface area contributed by atoms with E-state index in [4.69, 9.17) is 4.74 Å². The lowest BCUT2D eigenvalue weighted by atomic mass is 9.97. The van der Waals surface area contributed by atoms with E-state index in [0.29, 0.717) is 13.1 Å². The molecule has 0 saturated heterocycles. The van der Waals surface area contributed by atoms with Crippen molar-refractivity contribution >= 4 is 5.91 Å². The summed E-state index contributed by atoms with van der Waals surface area (Å²) >= 11 is 0. The molecule has 1 unspecified atom stereocenters. The molecule has 1 aliphatic heterocycles. The van der Waals surface area contributed by atoms with Gasteiger partial charge < -0.3 is 9.64 Å². The highest BCUT2D eigenvalue weighted by atomic mass is 16.5. The first-order chi connectivity index (χ1) is 13.2. The van der Waals surface area contributed by atoms with Crippen LogP contribution in [0.15, 0.2) is 78.9 Å². The molecule has 4 rings (SSSR count). The van der Waals surface area contributed by atoms with Crippen LogP contribution in [-0.4, -0.2) is 17.4 Å². The van der Waals surface area contributed by atoms with Crippen LogP contribution in [0.5, 0.6) is 5.75 Å². The number of benzene rings is 3. The first-order valence-electron chi connectivity index (χ1n) is 9.39. The Bertz CT molecular complexity index is 922. The lowest BCUT2D eigenvalue weighted by Crippen LogP contribution is -2.37. The van der Waals surface area contributed by atoms with Crippen LogP contribution in [0.3, 0.4) is 0 Å². The Morgan fingerprint density at radius 3 is 2.37 bits per heavy atom. The molecule has 3 aromatic carbocycles. The van der Waals surface area contributed by atoms with Gasteiger partial charge in [-0.15, -0.1) is 0 Å². The molecule has 0 aromatic heterocycles. The zero-order valence-electron chi connectivity index (χ0n) is 15.5. The summed E-state index contributed by atoms with van der Waals surface area (Å²) in [6.45, 7) is 3.40. The van der Waals surface area contributed by atoms with Gasteiger partial charge in [0.25, 0.3) is 5.91 Å². The van der Waals surface area contributed by atoms with Crippen molar-refractivity contribution in [2.75, 3.05) is 6.54 Å². The summed E-state index contributed by atoms with van der Waals surface area (Å²) < 4.78 is 6.23. The monoisotopic (exact) mass is 357 g/mol. The molecule has 0 aliphatic carbocycles. The Morgan fingerprint density at radius 1 is 0.926 bits per heavy atom. The lowest BCUT2D eigenvalue weighted by Gasteiger charge is -2.30. The fourth-order valence-electron chi connectivity index (χ4n) is 3.59. The lowest BCUT2D eigenvalue weighted by molar-refractivity contribution is 0.0724. The van der Waals surface area contributed by atoms with Gasteiger partial charge in [-0.3, -0.25) is 4.79 Å². The molecule has 0 N–H and O–H groups in total. The van der Waals surface area contributed by atoms with Gasteiger partial charge in [0.05, 0.1) is 0 Å². The van der Waals surface area contributed by atoms with Crippen molar-refractivity contribution in [3.05, 3.63) is 101 Å². The molecule has 3 nitrogen and oxygen atoms in total. The number of carbonyl (C=O) groups is 1. The highest BCUT2D eigenvalue weighted by Gasteiger charge is 2.27. The van der Waals surface area contributed by atoms with E-state index in [0.717, 1.165) is 34.4 Å². The summed E-state index contributed by atoms with van der Waals surface area (Å²) in [5.74, 6) is 0.898. The number of amides is 1. The van der Waals surface area contributed by atoms with Gasteiger partial charge in [-0.25, -0.2) is 0 Å². The summed E-state index contributed by atoms with van der Waals surface area (Å²) in [6.07, 6.45) is 0.751. The third kappa shape index (κ3) is 3.72. The van der Waals surface area contributed by atoms with E-state index in [2.05, 4.69) is 24.3 Å². The van der Waals surface area contributed by atoms with Crippen LogP contribution in [0.1, 0.15) is 40.1 Å². The van der Waals surface area contributed by atoms with Crippen LogP contribution in [0.4, 0.5) is 0 Å². The molecule has 1 atom stereocenters. The standard InChI is InChI=1S/C24H23NO2/c1-18(20-11-6-3-7-12-20)27-23-14-8-13-22-21(23)15-16-25(24(22)26)17-19-9-4-2-5-10-19/h2-14,18H,15-17H2,1H3. The molecule has 0 spiro atoms. The van der Waals surface area contributed by atoms with Crippen molar-refractivity contribution in [1.29, 1.82) is 0 Å². The van der Waals surface area contributed by atoms with E-state index in [1.54, 1.807) is 0 Å². The van der Waals surface area contributed by atoms with Gasteiger partial charge in [-0.2, -0.15) is 0 Å². The van der Waals surface area contributed by atoms with Gasteiger partial charge in [0.2, 0.25) is 0 Å². The highest BCUT2D eigenvalue weighted by molar-refractivity contribution is 5.97. The van der Waals surface area contributed by atoms with E-state index < -0.39 is 0 Å². The maximum absolute atomic E-state index is 13.0. The van der Waals surface area contributed by atoms with E-state index in [1.165, 1.54) is 0 Å². The normalized spacial score (nSPS) is 14.6. The van der Waals surface area contributed by atoms with E-state index in [1.807, 2.05) is 66.4 Å². The summed E-state index contributed by atoms with van der Waals surface area (Å²) in [5, 5.41) is 0. The Kier molecular flexibility index (Phi) is 4.93. The van der Waals surface area contributed by atoms with E-state index in [9.17, 15) is 4.79 Å². The first-order valence-corrected chi connectivity index (χ1v) is 9.39.